The fraction of sp³-hybridized carbons (Fsp3) is 0.147. The summed E-state index contributed by atoms with van der Waals surface area (Å²) < 4.78 is 6.14. The van der Waals surface area contributed by atoms with Crippen molar-refractivity contribution in [3.05, 3.63) is 125 Å². The first-order valence-electron chi connectivity index (χ1n) is 12.6. The topological polar surface area (TPSA) is 25.5 Å². The predicted octanol–water partition coefficient (Wildman–Crippen LogP) is 9.30. The van der Waals surface area contributed by atoms with Crippen molar-refractivity contribution in [3.8, 4) is 11.1 Å². The number of aryl methyl sites for hydroxylation is 1. The maximum absolute atomic E-state index is 6.14. The second kappa shape index (κ2) is 9.47. The standard InChI is InChI=1S/C34H29NO/c1-23-16-17-32-31(18-23)34-30(14-9-15-33(34)36-32)24(2)35-22-25-19-28(26-10-5-3-6-11-26)21-29(20-25)27-12-7-4-8-13-27/h3-7,9-12,14-21H,8,13,22H2,1-2H3. The summed E-state index contributed by atoms with van der Waals surface area (Å²) in [6, 6.07) is 30.2. The lowest BCUT2D eigenvalue weighted by atomic mass is 9.92. The lowest BCUT2D eigenvalue weighted by Crippen LogP contribution is -1.98. The van der Waals surface area contributed by atoms with Gasteiger partial charge in [0.2, 0.25) is 0 Å². The Hall–Kier alpha value is -4.17. The van der Waals surface area contributed by atoms with Crippen LogP contribution in [0.4, 0.5) is 0 Å². The zero-order valence-electron chi connectivity index (χ0n) is 20.8. The van der Waals surface area contributed by atoms with Crippen molar-refractivity contribution in [1.29, 1.82) is 0 Å². The van der Waals surface area contributed by atoms with Crippen molar-refractivity contribution in [2.24, 2.45) is 4.99 Å². The van der Waals surface area contributed by atoms with Gasteiger partial charge in [0.25, 0.3) is 0 Å². The van der Waals surface area contributed by atoms with E-state index in [1.165, 1.54) is 33.4 Å². The molecule has 0 aliphatic heterocycles. The van der Waals surface area contributed by atoms with Crippen LogP contribution >= 0.6 is 0 Å². The molecule has 0 amide bonds. The quantitative estimate of drug-likeness (QED) is 0.236. The SMILES string of the molecule is CC(=NCc1cc(C2=CC=CCC2)cc(-c2ccccc2)c1)c1cccc2oc3ccc(C)cc3c12. The van der Waals surface area contributed by atoms with Gasteiger partial charge < -0.3 is 4.42 Å². The minimum absolute atomic E-state index is 0.633. The molecule has 0 radical (unpaired) electrons. The Balaban J connectivity index is 1.41. The number of nitrogens with zero attached hydrogens (tertiary/aromatic N) is 1. The Bertz CT molecular complexity index is 1660. The molecule has 2 heteroatoms. The number of allylic oxidation sites excluding steroid dienone is 4. The molecular formula is C34H29NO. The number of hydrogen-bond acceptors (Lipinski definition) is 2. The van der Waals surface area contributed by atoms with Crippen LogP contribution in [0.5, 0.6) is 0 Å². The third kappa shape index (κ3) is 4.31. The predicted molar refractivity (Wildman–Crippen MR) is 153 cm³/mol. The lowest BCUT2D eigenvalue weighted by molar-refractivity contribution is 0.669. The summed E-state index contributed by atoms with van der Waals surface area (Å²) in [5, 5.41) is 2.30. The Morgan fingerprint density at radius 3 is 2.53 bits per heavy atom. The third-order valence-corrected chi connectivity index (χ3v) is 7.02. The van der Waals surface area contributed by atoms with Crippen molar-refractivity contribution in [3.63, 3.8) is 0 Å². The zero-order chi connectivity index (χ0) is 24.5. The molecule has 0 N–H and O–H groups in total. The van der Waals surface area contributed by atoms with Gasteiger partial charge in [-0.05, 0) is 90.9 Å². The third-order valence-electron chi connectivity index (χ3n) is 7.02. The smallest absolute Gasteiger partial charge is 0.136 e. The van der Waals surface area contributed by atoms with Gasteiger partial charge >= 0.3 is 0 Å². The molecule has 6 rings (SSSR count). The van der Waals surface area contributed by atoms with E-state index in [1.807, 2.05) is 6.07 Å². The number of hydrogen-bond donors (Lipinski definition) is 0. The van der Waals surface area contributed by atoms with Gasteiger partial charge in [0.1, 0.15) is 11.2 Å². The second-order valence-corrected chi connectivity index (χ2v) is 9.63. The lowest BCUT2D eigenvalue weighted by Gasteiger charge is -2.14. The Morgan fingerprint density at radius 2 is 1.69 bits per heavy atom. The van der Waals surface area contributed by atoms with Gasteiger partial charge in [-0.25, -0.2) is 0 Å². The van der Waals surface area contributed by atoms with E-state index in [4.69, 9.17) is 9.41 Å². The molecule has 0 saturated carbocycles. The summed E-state index contributed by atoms with van der Waals surface area (Å²) >= 11 is 0. The molecule has 5 aromatic rings. The Kier molecular flexibility index (Phi) is 5.87. The van der Waals surface area contributed by atoms with E-state index in [0.29, 0.717) is 6.54 Å². The molecular weight excluding hydrogens is 438 g/mol. The van der Waals surface area contributed by atoms with Crippen molar-refractivity contribution in [1.82, 2.24) is 0 Å². The summed E-state index contributed by atoms with van der Waals surface area (Å²) in [7, 11) is 0. The molecule has 4 aromatic carbocycles. The Labute approximate surface area is 212 Å². The average molecular weight is 468 g/mol. The molecule has 0 fully saturated rings. The molecule has 0 saturated heterocycles. The molecule has 1 heterocycles. The van der Waals surface area contributed by atoms with E-state index >= 15 is 0 Å². The number of aliphatic imine (C=N–C) groups is 1. The highest BCUT2D eigenvalue weighted by Crippen LogP contribution is 2.33. The monoisotopic (exact) mass is 467 g/mol. The van der Waals surface area contributed by atoms with Gasteiger partial charge in [-0.1, -0.05) is 72.3 Å². The first-order valence-corrected chi connectivity index (χ1v) is 12.6. The van der Waals surface area contributed by atoms with E-state index in [9.17, 15) is 0 Å². The van der Waals surface area contributed by atoms with Crippen LogP contribution in [0.2, 0.25) is 0 Å². The molecule has 1 aliphatic carbocycles. The highest BCUT2D eigenvalue weighted by atomic mass is 16.3. The van der Waals surface area contributed by atoms with Crippen LogP contribution in [0.25, 0.3) is 38.6 Å². The van der Waals surface area contributed by atoms with Crippen LogP contribution in [-0.4, -0.2) is 5.71 Å². The minimum atomic E-state index is 0.633. The second-order valence-electron chi connectivity index (χ2n) is 9.63. The van der Waals surface area contributed by atoms with E-state index in [1.54, 1.807) is 0 Å². The van der Waals surface area contributed by atoms with E-state index in [2.05, 4.69) is 111 Å². The maximum Gasteiger partial charge on any atom is 0.136 e. The summed E-state index contributed by atoms with van der Waals surface area (Å²) in [5.41, 5.74) is 11.6. The molecule has 1 aromatic heterocycles. The first-order chi connectivity index (χ1) is 17.7. The van der Waals surface area contributed by atoms with E-state index in [-0.39, 0.29) is 0 Å². The van der Waals surface area contributed by atoms with Gasteiger partial charge in [0, 0.05) is 22.0 Å². The van der Waals surface area contributed by atoms with Crippen LogP contribution < -0.4 is 0 Å². The molecule has 1 aliphatic rings. The molecule has 0 atom stereocenters. The fourth-order valence-electron chi connectivity index (χ4n) is 5.15. The van der Waals surface area contributed by atoms with Gasteiger partial charge in [0.05, 0.1) is 6.54 Å². The van der Waals surface area contributed by atoms with Gasteiger partial charge in [0.15, 0.2) is 0 Å². The van der Waals surface area contributed by atoms with Crippen molar-refractivity contribution in [2.45, 2.75) is 33.2 Å². The van der Waals surface area contributed by atoms with Crippen molar-refractivity contribution in [2.75, 3.05) is 0 Å². The largest absolute Gasteiger partial charge is 0.456 e. The molecule has 0 spiro atoms. The first kappa shape index (κ1) is 22.3. The minimum Gasteiger partial charge on any atom is -0.456 e. The molecule has 36 heavy (non-hydrogen) atoms. The van der Waals surface area contributed by atoms with Crippen LogP contribution in [0.1, 0.15) is 42.0 Å². The summed E-state index contributed by atoms with van der Waals surface area (Å²) in [6.45, 7) is 4.87. The zero-order valence-corrected chi connectivity index (χ0v) is 20.8. The number of benzene rings is 4. The Morgan fingerprint density at radius 1 is 0.833 bits per heavy atom. The van der Waals surface area contributed by atoms with Crippen molar-refractivity contribution < 1.29 is 4.42 Å². The van der Waals surface area contributed by atoms with Crippen LogP contribution in [-0.2, 0) is 6.54 Å². The van der Waals surface area contributed by atoms with Gasteiger partial charge in [-0.2, -0.15) is 0 Å². The van der Waals surface area contributed by atoms with Crippen LogP contribution in [0.3, 0.4) is 0 Å². The highest BCUT2D eigenvalue weighted by molar-refractivity contribution is 6.17. The molecule has 176 valence electrons. The maximum atomic E-state index is 6.14. The molecule has 2 nitrogen and oxygen atoms in total. The number of rotatable bonds is 5. The average Bonchev–Trinajstić information content (AvgIpc) is 3.30. The molecule has 0 unspecified atom stereocenters. The van der Waals surface area contributed by atoms with E-state index in [0.717, 1.165) is 46.1 Å². The van der Waals surface area contributed by atoms with Crippen molar-refractivity contribution >= 4 is 33.2 Å². The number of fused-ring (bicyclic) bond motifs is 3. The molecule has 0 bridgehead atoms. The fourth-order valence-corrected chi connectivity index (χ4v) is 5.15. The normalized spacial score (nSPS) is 13.9. The summed E-state index contributed by atoms with van der Waals surface area (Å²) in [5.74, 6) is 0. The van der Waals surface area contributed by atoms with Crippen LogP contribution in [0, 0.1) is 6.92 Å². The highest BCUT2D eigenvalue weighted by Gasteiger charge is 2.13. The summed E-state index contributed by atoms with van der Waals surface area (Å²) in [4.78, 5) is 5.09. The number of furan rings is 1. The van der Waals surface area contributed by atoms with Gasteiger partial charge in [-0.3, -0.25) is 4.99 Å². The van der Waals surface area contributed by atoms with Gasteiger partial charge in [-0.15, -0.1) is 0 Å². The van der Waals surface area contributed by atoms with Crippen LogP contribution in [0.15, 0.2) is 113 Å². The van der Waals surface area contributed by atoms with E-state index < -0.39 is 0 Å². The summed E-state index contributed by atoms with van der Waals surface area (Å²) in [6.07, 6.45) is 8.83.